The van der Waals surface area contributed by atoms with E-state index in [0.717, 1.165) is 18.2 Å². The Hall–Kier alpha value is -3.63. The van der Waals surface area contributed by atoms with E-state index in [4.69, 9.17) is 0 Å². The minimum absolute atomic E-state index is 0.0221. The number of anilines is 1. The third-order valence-corrected chi connectivity index (χ3v) is 2.89. The number of hydrazone groups is 1. The summed E-state index contributed by atoms with van der Waals surface area (Å²) < 4.78 is 28.3. The smallest absolute Gasteiger partial charge is 0.387 e. The molecular formula is C14H10F2N4O5. The summed E-state index contributed by atoms with van der Waals surface area (Å²) in [5.41, 5.74) is 1.96. The highest BCUT2D eigenvalue weighted by Crippen LogP contribution is 2.28. The lowest BCUT2D eigenvalue weighted by Gasteiger charge is -2.04. The number of benzene rings is 2. The largest absolute Gasteiger partial charge is 0.435 e. The predicted molar refractivity (Wildman–Crippen MR) is 84.0 cm³/mol. The van der Waals surface area contributed by atoms with Gasteiger partial charge < -0.3 is 4.74 Å². The van der Waals surface area contributed by atoms with Crippen molar-refractivity contribution in [3.63, 3.8) is 0 Å². The van der Waals surface area contributed by atoms with Crippen molar-refractivity contribution in [2.45, 2.75) is 6.61 Å². The molecule has 0 unspecified atom stereocenters. The van der Waals surface area contributed by atoms with Gasteiger partial charge in [-0.25, -0.2) is 0 Å². The molecule has 130 valence electrons. The molecule has 0 spiro atoms. The fraction of sp³-hybridized carbons (Fsp3) is 0.0714. The molecule has 0 fully saturated rings. The summed E-state index contributed by atoms with van der Waals surface area (Å²) in [6.45, 7) is -2.93. The molecule has 1 N–H and O–H groups in total. The molecule has 2 aromatic carbocycles. The van der Waals surface area contributed by atoms with Gasteiger partial charge in [0.15, 0.2) is 0 Å². The van der Waals surface area contributed by atoms with Crippen LogP contribution in [0, 0.1) is 20.2 Å². The first-order chi connectivity index (χ1) is 11.9. The quantitative estimate of drug-likeness (QED) is 0.462. The molecule has 0 heterocycles. The summed E-state index contributed by atoms with van der Waals surface area (Å²) in [6, 6.07) is 8.59. The molecular weight excluding hydrogens is 342 g/mol. The minimum atomic E-state index is -2.93. The summed E-state index contributed by atoms with van der Waals surface area (Å²) in [7, 11) is 0. The van der Waals surface area contributed by atoms with E-state index in [2.05, 4.69) is 15.3 Å². The molecule has 11 heteroatoms. The van der Waals surface area contributed by atoms with E-state index in [-0.39, 0.29) is 11.4 Å². The Labute approximate surface area is 138 Å². The van der Waals surface area contributed by atoms with Gasteiger partial charge in [0.25, 0.3) is 5.69 Å². The first-order valence-electron chi connectivity index (χ1n) is 6.63. The number of hydrogen-bond donors (Lipinski definition) is 1. The summed E-state index contributed by atoms with van der Waals surface area (Å²) >= 11 is 0. The van der Waals surface area contributed by atoms with Crippen LogP contribution in [-0.2, 0) is 0 Å². The van der Waals surface area contributed by atoms with Gasteiger partial charge in [-0.1, -0.05) is 0 Å². The summed E-state index contributed by atoms with van der Waals surface area (Å²) in [6.07, 6.45) is 1.29. The van der Waals surface area contributed by atoms with Crippen LogP contribution in [0.5, 0.6) is 5.75 Å². The van der Waals surface area contributed by atoms with E-state index < -0.39 is 27.8 Å². The first-order valence-corrected chi connectivity index (χ1v) is 6.63. The van der Waals surface area contributed by atoms with Crippen molar-refractivity contribution in [1.82, 2.24) is 0 Å². The number of ether oxygens (including phenoxy) is 1. The van der Waals surface area contributed by atoms with Crippen molar-refractivity contribution < 1.29 is 23.4 Å². The Morgan fingerprint density at radius 1 is 1.08 bits per heavy atom. The second-order valence-corrected chi connectivity index (χ2v) is 4.53. The fourth-order valence-electron chi connectivity index (χ4n) is 1.79. The van der Waals surface area contributed by atoms with Crippen molar-refractivity contribution in [3.05, 3.63) is 68.3 Å². The summed E-state index contributed by atoms with van der Waals surface area (Å²) in [5.74, 6) is -0.0221. The Kier molecular flexibility index (Phi) is 5.50. The lowest BCUT2D eigenvalue weighted by Crippen LogP contribution is -2.01. The van der Waals surface area contributed by atoms with Crippen molar-refractivity contribution in [1.29, 1.82) is 0 Å². The number of rotatable bonds is 7. The van der Waals surface area contributed by atoms with Crippen molar-refractivity contribution in [3.8, 4) is 5.75 Å². The Bertz CT molecular complexity index is 811. The Morgan fingerprint density at radius 2 is 1.76 bits per heavy atom. The zero-order valence-corrected chi connectivity index (χ0v) is 12.3. The van der Waals surface area contributed by atoms with Crippen LogP contribution in [0.3, 0.4) is 0 Å². The third kappa shape index (κ3) is 4.92. The van der Waals surface area contributed by atoms with Gasteiger partial charge in [0.1, 0.15) is 11.4 Å². The van der Waals surface area contributed by atoms with Crippen molar-refractivity contribution in [2.75, 3.05) is 5.43 Å². The van der Waals surface area contributed by atoms with Crippen LogP contribution < -0.4 is 10.2 Å². The van der Waals surface area contributed by atoms with Crippen LogP contribution >= 0.6 is 0 Å². The molecule has 0 aromatic heterocycles. The Balaban J connectivity index is 2.11. The lowest BCUT2D eigenvalue weighted by molar-refractivity contribution is -0.393. The molecule has 0 aliphatic heterocycles. The van der Waals surface area contributed by atoms with E-state index >= 15 is 0 Å². The molecule has 0 saturated carbocycles. The zero-order valence-electron chi connectivity index (χ0n) is 12.3. The highest BCUT2D eigenvalue weighted by molar-refractivity contribution is 5.80. The number of nitro benzene ring substituents is 2. The average molecular weight is 352 g/mol. The minimum Gasteiger partial charge on any atom is -0.435 e. The molecule has 0 aliphatic carbocycles. The summed E-state index contributed by atoms with van der Waals surface area (Å²) in [5, 5.41) is 25.4. The number of nitrogens with one attached hydrogen (secondary N) is 1. The molecule has 9 nitrogen and oxygen atoms in total. The third-order valence-electron chi connectivity index (χ3n) is 2.89. The average Bonchev–Trinajstić information content (AvgIpc) is 2.55. The molecule has 2 aromatic rings. The molecule has 0 bridgehead atoms. The monoisotopic (exact) mass is 352 g/mol. The summed E-state index contributed by atoms with van der Waals surface area (Å²) in [4.78, 5) is 20.1. The molecule has 0 atom stereocenters. The van der Waals surface area contributed by atoms with E-state index in [1.165, 1.54) is 30.5 Å². The molecule has 25 heavy (non-hydrogen) atoms. The van der Waals surface area contributed by atoms with Gasteiger partial charge >= 0.3 is 12.3 Å². The van der Waals surface area contributed by atoms with Crippen LogP contribution in [0.25, 0.3) is 0 Å². The van der Waals surface area contributed by atoms with E-state index in [1.54, 1.807) is 0 Å². The van der Waals surface area contributed by atoms with Gasteiger partial charge in [0.05, 0.1) is 22.1 Å². The van der Waals surface area contributed by atoms with E-state index in [1.807, 2.05) is 0 Å². The van der Waals surface area contributed by atoms with Gasteiger partial charge in [-0.2, -0.15) is 13.9 Å². The lowest BCUT2D eigenvalue weighted by atomic mass is 10.2. The number of non-ortho nitro benzene ring substituents is 1. The van der Waals surface area contributed by atoms with Gasteiger partial charge in [-0.15, -0.1) is 0 Å². The molecule has 0 radical (unpaired) electrons. The highest BCUT2D eigenvalue weighted by atomic mass is 19.3. The number of nitrogens with zero attached hydrogens (tertiary/aromatic N) is 3. The number of nitro groups is 2. The maximum atomic E-state index is 12.0. The van der Waals surface area contributed by atoms with Gasteiger partial charge in [-0.05, 0) is 35.9 Å². The molecule has 2 rings (SSSR count). The molecule has 0 saturated heterocycles. The highest BCUT2D eigenvalue weighted by Gasteiger charge is 2.19. The van der Waals surface area contributed by atoms with Crippen LogP contribution in [0.4, 0.5) is 25.8 Å². The number of hydrogen-bond acceptors (Lipinski definition) is 7. The molecule has 0 aliphatic rings. The van der Waals surface area contributed by atoms with Crippen LogP contribution in [0.2, 0.25) is 0 Å². The van der Waals surface area contributed by atoms with Gasteiger partial charge in [0, 0.05) is 6.07 Å². The standard InChI is InChI=1S/C14H10F2N4O5/c15-14(16)25-11-4-1-9(2-5-11)8-17-18-12-6-3-10(19(21)22)7-13(12)20(23)24/h1-8,14,18H. The maximum Gasteiger partial charge on any atom is 0.387 e. The first kappa shape index (κ1) is 17.7. The van der Waals surface area contributed by atoms with Crippen LogP contribution in [-0.4, -0.2) is 22.7 Å². The van der Waals surface area contributed by atoms with Crippen molar-refractivity contribution >= 4 is 23.3 Å². The second-order valence-electron chi connectivity index (χ2n) is 4.53. The van der Waals surface area contributed by atoms with Gasteiger partial charge in [-0.3, -0.25) is 25.7 Å². The molecule has 0 amide bonds. The van der Waals surface area contributed by atoms with Crippen LogP contribution in [0.15, 0.2) is 47.6 Å². The van der Waals surface area contributed by atoms with E-state index in [0.29, 0.717) is 5.56 Å². The predicted octanol–water partition coefficient (Wildman–Crippen LogP) is 3.55. The SMILES string of the molecule is O=[N+]([O-])c1ccc(NN=Cc2ccc(OC(F)F)cc2)c([N+](=O)[O-])c1. The van der Waals surface area contributed by atoms with E-state index in [9.17, 15) is 29.0 Å². The number of halogens is 2. The number of alkyl halides is 2. The van der Waals surface area contributed by atoms with Crippen molar-refractivity contribution in [2.24, 2.45) is 5.10 Å². The Morgan fingerprint density at radius 3 is 2.32 bits per heavy atom. The topological polar surface area (TPSA) is 120 Å². The normalized spacial score (nSPS) is 10.8. The fourth-order valence-corrected chi connectivity index (χ4v) is 1.79. The van der Waals surface area contributed by atoms with Crippen LogP contribution in [0.1, 0.15) is 5.56 Å². The second kappa shape index (κ2) is 7.77. The maximum absolute atomic E-state index is 12.0. The van der Waals surface area contributed by atoms with Gasteiger partial charge in [0.2, 0.25) is 0 Å². The zero-order chi connectivity index (χ0) is 18.4.